The largest absolute Gasteiger partial charge is 0.479 e. The van der Waals surface area contributed by atoms with Crippen molar-refractivity contribution in [2.75, 3.05) is 37.0 Å². The molecular weight excluding hydrogens is 586 g/mol. The highest BCUT2D eigenvalue weighted by Crippen LogP contribution is 2.35. The van der Waals surface area contributed by atoms with Gasteiger partial charge in [0.2, 0.25) is 0 Å². The van der Waals surface area contributed by atoms with Crippen molar-refractivity contribution in [3.05, 3.63) is 77.6 Å². The normalized spacial score (nSPS) is 15.2. The number of carbonyl (C=O) groups excluding carboxylic acids is 1. The fourth-order valence-electron chi connectivity index (χ4n) is 5.73. The van der Waals surface area contributed by atoms with Crippen LogP contribution >= 0.6 is 0 Å². The standard InChI is InChI=1S/C34H41N7O5/c1-22-27(36-21-34(30(42)43,33(2,3)4)40-32(44)46-20-23-10-7-6-8-11-23)38-31(45-5)39-29(22)41-18-15-24(16-19-41)26-14-13-25-12-9-17-35-28(25)37-26/h6-14,17,24H,15-16,18-21H2,1-5H3,(H,40,44)(H,42,43)(H,36,38,39). The van der Waals surface area contributed by atoms with Crippen molar-refractivity contribution in [3.63, 3.8) is 0 Å². The third-order valence-electron chi connectivity index (χ3n) is 8.68. The number of anilines is 2. The fraction of sp³-hybridized carbons (Fsp3) is 0.412. The van der Waals surface area contributed by atoms with Gasteiger partial charge in [-0.1, -0.05) is 51.1 Å². The highest BCUT2D eigenvalue weighted by molar-refractivity contribution is 5.86. The van der Waals surface area contributed by atoms with Gasteiger partial charge < -0.3 is 30.1 Å². The van der Waals surface area contributed by atoms with Crippen LogP contribution in [-0.2, 0) is 16.1 Å². The lowest BCUT2D eigenvalue weighted by molar-refractivity contribution is -0.148. The number of pyridine rings is 2. The van der Waals surface area contributed by atoms with Gasteiger partial charge in [-0.3, -0.25) is 0 Å². The number of aliphatic carboxylic acids is 1. The van der Waals surface area contributed by atoms with E-state index >= 15 is 0 Å². The molecule has 1 aliphatic heterocycles. The minimum absolute atomic E-state index is 0.00995. The highest BCUT2D eigenvalue weighted by Gasteiger charge is 2.51. The van der Waals surface area contributed by atoms with Crippen LogP contribution in [0.15, 0.2) is 60.8 Å². The molecule has 46 heavy (non-hydrogen) atoms. The second kappa shape index (κ2) is 13.6. The molecule has 1 atom stereocenters. The summed E-state index contributed by atoms with van der Waals surface area (Å²) in [5.74, 6) is 0.205. The van der Waals surface area contributed by atoms with Gasteiger partial charge in [-0.15, -0.1) is 0 Å². The molecule has 1 fully saturated rings. The van der Waals surface area contributed by atoms with Gasteiger partial charge in [0.1, 0.15) is 18.2 Å². The predicted octanol–water partition coefficient (Wildman–Crippen LogP) is 5.33. The van der Waals surface area contributed by atoms with E-state index in [1.165, 1.54) is 7.11 Å². The molecule has 0 bridgehead atoms. The van der Waals surface area contributed by atoms with Gasteiger partial charge in [0, 0.05) is 41.8 Å². The van der Waals surface area contributed by atoms with E-state index in [-0.39, 0.29) is 19.2 Å². The molecule has 1 aromatic carbocycles. The molecule has 12 nitrogen and oxygen atoms in total. The average molecular weight is 628 g/mol. The van der Waals surface area contributed by atoms with Gasteiger partial charge >= 0.3 is 18.1 Å². The number of amides is 1. The quantitative estimate of drug-likeness (QED) is 0.209. The zero-order chi connectivity index (χ0) is 32.9. The van der Waals surface area contributed by atoms with Gasteiger partial charge in [-0.25, -0.2) is 19.6 Å². The number of piperidine rings is 1. The van der Waals surface area contributed by atoms with Crippen LogP contribution in [0.2, 0.25) is 0 Å². The number of alkyl carbamates (subject to hydrolysis) is 1. The molecule has 1 saturated heterocycles. The highest BCUT2D eigenvalue weighted by atomic mass is 16.5. The number of ether oxygens (including phenoxy) is 2. The number of rotatable bonds is 10. The van der Waals surface area contributed by atoms with Crippen LogP contribution in [0.25, 0.3) is 11.0 Å². The van der Waals surface area contributed by atoms with Crippen molar-refractivity contribution in [3.8, 4) is 6.01 Å². The fourth-order valence-corrected chi connectivity index (χ4v) is 5.73. The maximum atomic E-state index is 12.9. The van der Waals surface area contributed by atoms with Crippen molar-refractivity contribution < 1.29 is 24.2 Å². The summed E-state index contributed by atoms with van der Waals surface area (Å²) in [6.07, 6.45) is 2.68. The van der Waals surface area contributed by atoms with E-state index in [2.05, 4.69) is 42.6 Å². The number of methoxy groups -OCH3 is 1. The van der Waals surface area contributed by atoms with Crippen molar-refractivity contribution in [1.82, 2.24) is 25.3 Å². The molecule has 12 heteroatoms. The molecule has 1 aliphatic rings. The first-order valence-corrected chi connectivity index (χ1v) is 15.4. The number of carboxylic acids is 1. The minimum atomic E-state index is -1.74. The monoisotopic (exact) mass is 627 g/mol. The Balaban J connectivity index is 1.32. The van der Waals surface area contributed by atoms with E-state index in [0.717, 1.165) is 53.8 Å². The summed E-state index contributed by atoms with van der Waals surface area (Å²) >= 11 is 0. The summed E-state index contributed by atoms with van der Waals surface area (Å²) in [6, 6.07) is 17.4. The number of fused-ring (bicyclic) bond motifs is 1. The molecular formula is C34H41N7O5. The zero-order valence-corrected chi connectivity index (χ0v) is 26.9. The number of hydrogen-bond donors (Lipinski definition) is 3. The molecule has 0 saturated carbocycles. The molecule has 0 spiro atoms. The SMILES string of the molecule is COc1nc(NCC(NC(=O)OCc2ccccc2)(C(=O)O)C(C)(C)C)c(C)c(N2CCC(c3ccc4cccnc4n3)CC2)n1. The third-order valence-corrected chi connectivity index (χ3v) is 8.68. The Morgan fingerprint density at radius 2 is 1.74 bits per heavy atom. The Kier molecular flexibility index (Phi) is 9.54. The maximum Gasteiger partial charge on any atom is 0.408 e. The number of carboxylic acid groups (broad SMARTS) is 1. The van der Waals surface area contributed by atoms with Crippen molar-refractivity contribution in [2.45, 2.75) is 58.6 Å². The van der Waals surface area contributed by atoms with Gasteiger partial charge in [0.15, 0.2) is 11.2 Å². The predicted molar refractivity (Wildman–Crippen MR) is 175 cm³/mol. The topological polar surface area (TPSA) is 152 Å². The first-order chi connectivity index (χ1) is 22.0. The van der Waals surface area contributed by atoms with Crippen molar-refractivity contribution in [2.24, 2.45) is 5.41 Å². The molecule has 242 valence electrons. The van der Waals surface area contributed by atoms with Crippen LogP contribution in [0.1, 0.15) is 56.4 Å². The lowest BCUT2D eigenvalue weighted by atomic mass is 9.73. The Bertz CT molecular complexity index is 1690. The molecule has 4 aromatic rings. The molecule has 0 radical (unpaired) electrons. The smallest absolute Gasteiger partial charge is 0.408 e. The van der Waals surface area contributed by atoms with Crippen LogP contribution in [-0.4, -0.2) is 69.4 Å². The number of carbonyl (C=O) groups is 2. The van der Waals surface area contributed by atoms with E-state index in [9.17, 15) is 14.7 Å². The van der Waals surface area contributed by atoms with E-state index in [0.29, 0.717) is 17.6 Å². The summed E-state index contributed by atoms with van der Waals surface area (Å²) in [5, 5.41) is 17.4. The van der Waals surface area contributed by atoms with Gasteiger partial charge in [-0.2, -0.15) is 9.97 Å². The molecule has 0 aliphatic carbocycles. The second-order valence-electron chi connectivity index (χ2n) is 12.6. The van der Waals surface area contributed by atoms with Gasteiger partial charge in [-0.05, 0) is 55.0 Å². The summed E-state index contributed by atoms with van der Waals surface area (Å²) in [5.41, 5.74) is 0.657. The number of nitrogens with zero attached hydrogens (tertiary/aromatic N) is 5. The molecule has 1 amide bonds. The van der Waals surface area contributed by atoms with Crippen molar-refractivity contribution >= 4 is 34.7 Å². The molecule has 3 aromatic heterocycles. The number of benzene rings is 1. The lowest BCUT2D eigenvalue weighted by Gasteiger charge is -2.41. The Morgan fingerprint density at radius 1 is 1.00 bits per heavy atom. The number of nitrogens with one attached hydrogen (secondary N) is 2. The van der Waals surface area contributed by atoms with Crippen LogP contribution in [0.5, 0.6) is 6.01 Å². The number of hydrogen-bond acceptors (Lipinski definition) is 10. The Labute approximate surface area is 268 Å². The van der Waals surface area contributed by atoms with Crippen LogP contribution < -0.4 is 20.3 Å². The van der Waals surface area contributed by atoms with E-state index in [1.807, 2.05) is 49.4 Å². The molecule has 4 heterocycles. The second-order valence-corrected chi connectivity index (χ2v) is 12.6. The summed E-state index contributed by atoms with van der Waals surface area (Å²) < 4.78 is 10.8. The molecule has 5 rings (SSSR count). The van der Waals surface area contributed by atoms with E-state index in [4.69, 9.17) is 14.5 Å². The average Bonchev–Trinajstić information content (AvgIpc) is 3.06. The molecule has 3 N–H and O–H groups in total. The van der Waals surface area contributed by atoms with Crippen LogP contribution in [0.3, 0.4) is 0 Å². The summed E-state index contributed by atoms with van der Waals surface area (Å²) in [4.78, 5) is 46.4. The lowest BCUT2D eigenvalue weighted by Crippen LogP contribution is -2.66. The van der Waals surface area contributed by atoms with Crippen LogP contribution in [0.4, 0.5) is 16.4 Å². The van der Waals surface area contributed by atoms with Gasteiger partial charge in [0.05, 0.1) is 13.7 Å². The first kappa shape index (κ1) is 32.4. The van der Waals surface area contributed by atoms with Crippen LogP contribution in [0, 0.1) is 12.3 Å². The van der Waals surface area contributed by atoms with E-state index < -0.39 is 23.0 Å². The van der Waals surface area contributed by atoms with Crippen molar-refractivity contribution in [1.29, 1.82) is 0 Å². The first-order valence-electron chi connectivity index (χ1n) is 15.4. The van der Waals surface area contributed by atoms with E-state index in [1.54, 1.807) is 27.0 Å². The third kappa shape index (κ3) is 6.95. The zero-order valence-electron chi connectivity index (χ0n) is 26.9. The summed E-state index contributed by atoms with van der Waals surface area (Å²) in [7, 11) is 1.49. The Morgan fingerprint density at radius 3 is 2.41 bits per heavy atom. The van der Waals surface area contributed by atoms with Gasteiger partial charge in [0.25, 0.3) is 0 Å². The minimum Gasteiger partial charge on any atom is -0.479 e. The molecule has 1 unspecified atom stereocenters. The summed E-state index contributed by atoms with van der Waals surface area (Å²) in [6.45, 7) is 8.47. The number of aromatic nitrogens is 4. The Hall–Kier alpha value is -5.00. The maximum absolute atomic E-state index is 12.9.